The zero-order chi connectivity index (χ0) is 13.9. The first-order chi connectivity index (χ1) is 7.41. The van der Waals surface area contributed by atoms with Crippen LogP contribution in [-0.2, 0) is 9.53 Å². The number of ether oxygens (including phenoxy) is 1. The third-order valence-electron chi connectivity index (χ3n) is 1.44. The summed E-state index contributed by atoms with van der Waals surface area (Å²) in [6, 6.07) is 0. The van der Waals surface area contributed by atoms with Crippen LogP contribution in [0, 0.1) is 5.41 Å². The molecule has 0 aliphatic carbocycles. The standard InChI is InChI=1S/C12H21NO4/c1-11(2,3)7-8(9(14)15)13-10(16)17-12(4,5)6/h7H,1-6H3,(H,13,16)(H,14,15)/b8-7+. The Morgan fingerprint density at radius 1 is 1.12 bits per heavy atom. The van der Waals surface area contributed by atoms with E-state index in [0.717, 1.165) is 0 Å². The molecule has 0 heterocycles. The lowest BCUT2D eigenvalue weighted by Gasteiger charge is -2.20. The molecule has 2 N–H and O–H groups in total. The first-order valence-corrected chi connectivity index (χ1v) is 5.37. The molecule has 0 aliphatic rings. The Morgan fingerprint density at radius 3 is 1.88 bits per heavy atom. The minimum Gasteiger partial charge on any atom is -0.477 e. The largest absolute Gasteiger partial charge is 0.477 e. The highest BCUT2D eigenvalue weighted by Crippen LogP contribution is 2.17. The number of carbonyl (C=O) groups excluding carboxylic acids is 1. The average molecular weight is 243 g/mol. The molecule has 0 aromatic rings. The van der Waals surface area contributed by atoms with E-state index in [1.165, 1.54) is 6.08 Å². The van der Waals surface area contributed by atoms with Crippen LogP contribution in [0.2, 0.25) is 0 Å². The first-order valence-electron chi connectivity index (χ1n) is 5.37. The molecule has 5 nitrogen and oxygen atoms in total. The summed E-state index contributed by atoms with van der Waals surface area (Å²) in [4.78, 5) is 22.4. The van der Waals surface area contributed by atoms with Crippen molar-refractivity contribution in [2.24, 2.45) is 5.41 Å². The van der Waals surface area contributed by atoms with Crippen molar-refractivity contribution >= 4 is 12.1 Å². The highest BCUT2D eigenvalue weighted by molar-refractivity contribution is 5.90. The highest BCUT2D eigenvalue weighted by Gasteiger charge is 2.20. The molecule has 0 atom stereocenters. The van der Waals surface area contributed by atoms with Gasteiger partial charge in [0.1, 0.15) is 11.3 Å². The Labute approximate surface area is 102 Å². The maximum atomic E-state index is 11.4. The minimum absolute atomic E-state index is 0.174. The third-order valence-corrected chi connectivity index (χ3v) is 1.44. The fourth-order valence-electron chi connectivity index (χ4n) is 0.998. The Bertz CT molecular complexity index is 331. The van der Waals surface area contributed by atoms with Crippen LogP contribution in [0.1, 0.15) is 41.5 Å². The lowest BCUT2D eigenvalue weighted by molar-refractivity contribution is -0.133. The minimum atomic E-state index is -1.19. The second kappa shape index (κ2) is 5.21. The summed E-state index contributed by atoms with van der Waals surface area (Å²) >= 11 is 0. The van der Waals surface area contributed by atoms with Gasteiger partial charge in [-0.1, -0.05) is 20.8 Å². The molecule has 5 heteroatoms. The van der Waals surface area contributed by atoms with Gasteiger partial charge >= 0.3 is 12.1 Å². The Balaban J connectivity index is 4.76. The van der Waals surface area contributed by atoms with E-state index in [-0.39, 0.29) is 11.1 Å². The van der Waals surface area contributed by atoms with Gasteiger partial charge in [0.2, 0.25) is 0 Å². The number of rotatable bonds is 2. The van der Waals surface area contributed by atoms with Crippen molar-refractivity contribution in [1.82, 2.24) is 5.32 Å². The van der Waals surface area contributed by atoms with Gasteiger partial charge in [-0.25, -0.2) is 9.59 Å². The number of hydrogen-bond donors (Lipinski definition) is 2. The van der Waals surface area contributed by atoms with E-state index in [1.807, 2.05) is 20.8 Å². The number of hydrogen-bond acceptors (Lipinski definition) is 3. The molecule has 0 saturated carbocycles. The number of carboxylic acids is 1. The molecule has 0 saturated heterocycles. The fourth-order valence-corrected chi connectivity index (χ4v) is 0.998. The van der Waals surface area contributed by atoms with Crippen LogP contribution >= 0.6 is 0 Å². The molecule has 0 fully saturated rings. The predicted octanol–water partition coefficient (Wildman–Crippen LogP) is 2.53. The van der Waals surface area contributed by atoms with Crippen molar-refractivity contribution in [3.05, 3.63) is 11.8 Å². The molecule has 0 unspecified atom stereocenters. The maximum Gasteiger partial charge on any atom is 0.412 e. The van der Waals surface area contributed by atoms with Gasteiger partial charge in [0, 0.05) is 0 Å². The van der Waals surface area contributed by atoms with Gasteiger partial charge in [-0.05, 0) is 32.3 Å². The van der Waals surface area contributed by atoms with Gasteiger partial charge < -0.3 is 9.84 Å². The molecular formula is C12H21NO4. The van der Waals surface area contributed by atoms with Gasteiger partial charge in [-0.15, -0.1) is 0 Å². The molecule has 0 aromatic heterocycles. The van der Waals surface area contributed by atoms with Gasteiger partial charge in [0.15, 0.2) is 0 Å². The van der Waals surface area contributed by atoms with E-state index in [9.17, 15) is 9.59 Å². The summed E-state index contributed by atoms with van der Waals surface area (Å²) in [5.41, 5.74) is -1.18. The van der Waals surface area contributed by atoms with Gasteiger partial charge in [0.25, 0.3) is 0 Å². The zero-order valence-electron chi connectivity index (χ0n) is 11.2. The van der Waals surface area contributed by atoms with Crippen LogP contribution in [0.3, 0.4) is 0 Å². The van der Waals surface area contributed by atoms with Gasteiger partial charge in [-0.2, -0.15) is 0 Å². The molecule has 0 aromatic carbocycles. The molecular weight excluding hydrogens is 222 g/mol. The van der Waals surface area contributed by atoms with Crippen LogP contribution in [-0.4, -0.2) is 22.8 Å². The molecule has 98 valence electrons. The summed E-state index contributed by atoms with van der Waals surface area (Å²) in [6.45, 7) is 10.6. The smallest absolute Gasteiger partial charge is 0.412 e. The summed E-state index contributed by atoms with van der Waals surface area (Å²) in [5.74, 6) is -1.19. The van der Waals surface area contributed by atoms with Crippen LogP contribution in [0.4, 0.5) is 4.79 Å². The van der Waals surface area contributed by atoms with Gasteiger partial charge in [0.05, 0.1) is 0 Å². The van der Waals surface area contributed by atoms with E-state index < -0.39 is 17.7 Å². The SMILES string of the molecule is CC(C)(C)/C=C(/NC(=O)OC(C)(C)C)C(=O)O. The van der Waals surface area contributed by atoms with Crippen molar-refractivity contribution in [1.29, 1.82) is 0 Å². The summed E-state index contributed by atoms with van der Waals surface area (Å²) in [5, 5.41) is 11.2. The summed E-state index contributed by atoms with van der Waals surface area (Å²) in [7, 11) is 0. The zero-order valence-corrected chi connectivity index (χ0v) is 11.2. The van der Waals surface area contributed by atoms with E-state index in [1.54, 1.807) is 20.8 Å². The Kier molecular flexibility index (Phi) is 4.74. The Hall–Kier alpha value is -1.52. The second-order valence-electron chi connectivity index (χ2n) is 5.86. The van der Waals surface area contributed by atoms with Crippen LogP contribution in [0.25, 0.3) is 0 Å². The van der Waals surface area contributed by atoms with E-state index in [0.29, 0.717) is 0 Å². The molecule has 0 spiro atoms. The number of alkyl carbamates (subject to hydrolysis) is 1. The topological polar surface area (TPSA) is 75.6 Å². The molecule has 0 rings (SSSR count). The number of allylic oxidation sites excluding steroid dienone is 1. The predicted molar refractivity (Wildman–Crippen MR) is 64.5 cm³/mol. The number of carbonyl (C=O) groups is 2. The van der Waals surface area contributed by atoms with E-state index in [4.69, 9.17) is 9.84 Å². The fraction of sp³-hybridized carbons (Fsp3) is 0.667. The molecule has 0 bridgehead atoms. The van der Waals surface area contributed by atoms with Crippen molar-refractivity contribution in [3.63, 3.8) is 0 Å². The molecule has 0 aliphatic heterocycles. The third kappa shape index (κ3) is 8.30. The first kappa shape index (κ1) is 15.5. The maximum absolute atomic E-state index is 11.4. The lowest BCUT2D eigenvalue weighted by atomic mass is 9.95. The van der Waals surface area contributed by atoms with Crippen LogP contribution in [0.15, 0.2) is 11.8 Å². The normalized spacial score (nSPS) is 13.2. The number of nitrogens with one attached hydrogen (secondary N) is 1. The number of aliphatic carboxylic acids is 1. The average Bonchev–Trinajstić information content (AvgIpc) is 1.95. The van der Waals surface area contributed by atoms with Crippen LogP contribution < -0.4 is 5.32 Å². The monoisotopic (exact) mass is 243 g/mol. The van der Waals surface area contributed by atoms with Crippen LogP contribution in [0.5, 0.6) is 0 Å². The number of carboxylic acid groups (broad SMARTS) is 1. The summed E-state index contributed by atoms with van der Waals surface area (Å²) in [6.07, 6.45) is 0.703. The van der Waals surface area contributed by atoms with Crippen molar-refractivity contribution in [2.75, 3.05) is 0 Å². The number of amides is 1. The summed E-state index contributed by atoms with van der Waals surface area (Å²) < 4.78 is 4.98. The lowest BCUT2D eigenvalue weighted by Crippen LogP contribution is -2.34. The van der Waals surface area contributed by atoms with Crippen molar-refractivity contribution in [3.8, 4) is 0 Å². The molecule has 0 radical (unpaired) electrons. The van der Waals surface area contributed by atoms with Crippen molar-refractivity contribution in [2.45, 2.75) is 47.1 Å². The highest BCUT2D eigenvalue weighted by atomic mass is 16.6. The van der Waals surface area contributed by atoms with E-state index in [2.05, 4.69) is 5.32 Å². The molecule has 17 heavy (non-hydrogen) atoms. The van der Waals surface area contributed by atoms with Gasteiger partial charge in [-0.3, -0.25) is 5.32 Å². The second-order valence-corrected chi connectivity index (χ2v) is 5.86. The van der Waals surface area contributed by atoms with Crippen molar-refractivity contribution < 1.29 is 19.4 Å². The quantitative estimate of drug-likeness (QED) is 0.731. The Morgan fingerprint density at radius 2 is 1.59 bits per heavy atom. The molecule has 1 amide bonds. The van der Waals surface area contributed by atoms with E-state index >= 15 is 0 Å².